The van der Waals surface area contributed by atoms with Gasteiger partial charge in [0, 0.05) is 17.7 Å². The van der Waals surface area contributed by atoms with E-state index in [-0.39, 0.29) is 17.0 Å². The normalized spacial score (nSPS) is 15.1. The Morgan fingerprint density at radius 1 is 1.21 bits per heavy atom. The van der Waals surface area contributed by atoms with E-state index < -0.39 is 10.9 Å². The Kier molecular flexibility index (Phi) is 4.07. The average Bonchev–Trinajstić information content (AvgIpc) is 2.96. The van der Waals surface area contributed by atoms with Crippen LogP contribution in [0.5, 0.6) is 5.75 Å². The largest absolute Gasteiger partial charge is 0.497 e. The SMILES string of the molecule is COc1ccc(/C=C2/C(=O)ON=C2c2cccc([N+](=O)[O-])c2)cc1. The summed E-state index contributed by atoms with van der Waals surface area (Å²) < 4.78 is 5.09. The molecule has 2 aromatic carbocycles. The van der Waals surface area contributed by atoms with Crippen LogP contribution in [0.3, 0.4) is 0 Å². The molecule has 3 rings (SSSR count). The lowest BCUT2D eigenvalue weighted by molar-refractivity contribution is -0.384. The van der Waals surface area contributed by atoms with Crippen molar-refractivity contribution in [2.75, 3.05) is 7.11 Å². The number of nitro groups is 1. The molecule has 0 unspecified atom stereocenters. The Hall–Kier alpha value is -3.48. The number of hydrogen-bond acceptors (Lipinski definition) is 6. The Morgan fingerprint density at radius 2 is 1.96 bits per heavy atom. The highest BCUT2D eigenvalue weighted by Crippen LogP contribution is 2.24. The second-order valence-corrected chi connectivity index (χ2v) is 4.96. The minimum atomic E-state index is -0.604. The van der Waals surface area contributed by atoms with Crippen molar-refractivity contribution in [1.29, 1.82) is 0 Å². The first kappa shape index (κ1) is 15.4. The summed E-state index contributed by atoms with van der Waals surface area (Å²) in [5.74, 6) is 0.0889. The highest BCUT2D eigenvalue weighted by Gasteiger charge is 2.27. The number of non-ortho nitro benzene ring substituents is 1. The summed E-state index contributed by atoms with van der Waals surface area (Å²) in [5.41, 5.74) is 1.61. The summed E-state index contributed by atoms with van der Waals surface area (Å²) in [6.07, 6.45) is 1.62. The van der Waals surface area contributed by atoms with Crippen molar-refractivity contribution in [2.45, 2.75) is 0 Å². The molecule has 0 aliphatic carbocycles. The fourth-order valence-electron chi connectivity index (χ4n) is 2.25. The molecular weight excluding hydrogens is 312 g/mol. The topological polar surface area (TPSA) is 91.0 Å². The Labute approximate surface area is 137 Å². The van der Waals surface area contributed by atoms with Gasteiger partial charge in [-0.1, -0.05) is 29.4 Å². The molecule has 0 N–H and O–H groups in total. The highest BCUT2D eigenvalue weighted by molar-refractivity contribution is 6.31. The lowest BCUT2D eigenvalue weighted by atomic mass is 10.0. The number of carbonyl (C=O) groups is 1. The van der Waals surface area contributed by atoms with Gasteiger partial charge in [0.2, 0.25) is 0 Å². The molecule has 0 fully saturated rings. The Bertz CT molecular complexity index is 869. The van der Waals surface area contributed by atoms with E-state index in [2.05, 4.69) is 5.16 Å². The van der Waals surface area contributed by atoms with E-state index in [1.807, 2.05) is 0 Å². The number of nitrogens with zero attached hydrogens (tertiary/aromatic N) is 2. The maximum Gasteiger partial charge on any atom is 0.368 e. The molecule has 0 bridgehead atoms. The van der Waals surface area contributed by atoms with Crippen molar-refractivity contribution in [3.63, 3.8) is 0 Å². The zero-order valence-electron chi connectivity index (χ0n) is 12.6. The van der Waals surface area contributed by atoms with Crippen LogP contribution in [0.2, 0.25) is 0 Å². The van der Waals surface area contributed by atoms with Gasteiger partial charge in [-0.25, -0.2) is 4.79 Å². The number of nitro benzene ring substituents is 1. The van der Waals surface area contributed by atoms with Crippen LogP contribution in [0.15, 0.2) is 59.3 Å². The van der Waals surface area contributed by atoms with Gasteiger partial charge in [-0.15, -0.1) is 0 Å². The van der Waals surface area contributed by atoms with Gasteiger partial charge in [0.05, 0.1) is 17.6 Å². The Balaban J connectivity index is 1.98. The number of methoxy groups -OCH3 is 1. The molecule has 0 amide bonds. The molecule has 7 nitrogen and oxygen atoms in total. The molecule has 0 saturated heterocycles. The molecule has 0 spiro atoms. The van der Waals surface area contributed by atoms with Crippen LogP contribution in [-0.2, 0) is 9.63 Å². The standard InChI is InChI=1S/C17H12N2O5/c1-23-14-7-5-11(6-8-14)9-15-16(18-24-17(15)20)12-3-2-4-13(10-12)19(21)22/h2-10H,1H3/b15-9+. The first-order valence-electron chi connectivity index (χ1n) is 6.99. The third-order valence-corrected chi connectivity index (χ3v) is 3.45. The number of ether oxygens (including phenoxy) is 1. The van der Waals surface area contributed by atoms with Crippen molar-refractivity contribution in [3.05, 3.63) is 75.3 Å². The van der Waals surface area contributed by atoms with Gasteiger partial charge in [-0.3, -0.25) is 10.1 Å². The van der Waals surface area contributed by atoms with Crippen LogP contribution in [0, 0.1) is 10.1 Å². The predicted molar refractivity (Wildman–Crippen MR) is 86.7 cm³/mol. The van der Waals surface area contributed by atoms with Gasteiger partial charge in [0.15, 0.2) is 0 Å². The fourth-order valence-corrected chi connectivity index (χ4v) is 2.25. The molecule has 0 saturated carbocycles. The average molecular weight is 324 g/mol. The molecule has 24 heavy (non-hydrogen) atoms. The lowest BCUT2D eigenvalue weighted by Crippen LogP contribution is -2.07. The van der Waals surface area contributed by atoms with Gasteiger partial charge in [-0.05, 0) is 23.8 Å². The maximum atomic E-state index is 11.9. The van der Waals surface area contributed by atoms with Crippen LogP contribution >= 0.6 is 0 Å². The molecule has 1 aliphatic heterocycles. The predicted octanol–water partition coefficient (Wildman–Crippen LogP) is 2.95. The van der Waals surface area contributed by atoms with Crippen molar-refractivity contribution >= 4 is 23.4 Å². The molecule has 0 atom stereocenters. The second-order valence-electron chi connectivity index (χ2n) is 4.96. The van der Waals surface area contributed by atoms with Gasteiger partial charge in [-0.2, -0.15) is 0 Å². The van der Waals surface area contributed by atoms with Crippen LogP contribution in [-0.4, -0.2) is 23.7 Å². The highest BCUT2D eigenvalue weighted by atomic mass is 16.7. The van der Waals surface area contributed by atoms with Gasteiger partial charge >= 0.3 is 5.97 Å². The molecule has 7 heteroatoms. The summed E-state index contributed by atoms with van der Waals surface area (Å²) in [7, 11) is 1.56. The zero-order chi connectivity index (χ0) is 17.1. The third kappa shape index (κ3) is 3.00. The fraction of sp³-hybridized carbons (Fsp3) is 0.0588. The summed E-state index contributed by atoms with van der Waals surface area (Å²) in [6.45, 7) is 0. The monoisotopic (exact) mass is 324 g/mol. The van der Waals surface area contributed by atoms with Gasteiger partial charge < -0.3 is 9.57 Å². The number of oxime groups is 1. The van der Waals surface area contributed by atoms with Crippen LogP contribution < -0.4 is 4.74 Å². The van der Waals surface area contributed by atoms with Crippen LogP contribution in [0.25, 0.3) is 6.08 Å². The van der Waals surface area contributed by atoms with E-state index in [1.54, 1.807) is 43.5 Å². The first-order valence-corrected chi connectivity index (χ1v) is 6.99. The van der Waals surface area contributed by atoms with Gasteiger partial charge in [0.1, 0.15) is 11.5 Å². The van der Waals surface area contributed by atoms with Crippen molar-refractivity contribution in [1.82, 2.24) is 0 Å². The molecule has 1 aliphatic rings. The van der Waals surface area contributed by atoms with E-state index in [0.29, 0.717) is 11.3 Å². The summed E-state index contributed by atoms with van der Waals surface area (Å²) in [5, 5.41) is 14.7. The lowest BCUT2D eigenvalue weighted by Gasteiger charge is -2.02. The summed E-state index contributed by atoms with van der Waals surface area (Å²) in [6, 6.07) is 13.0. The molecule has 1 heterocycles. The quantitative estimate of drug-likeness (QED) is 0.373. The number of hydrogen-bond donors (Lipinski definition) is 0. The maximum absolute atomic E-state index is 11.9. The summed E-state index contributed by atoms with van der Waals surface area (Å²) >= 11 is 0. The number of benzene rings is 2. The third-order valence-electron chi connectivity index (χ3n) is 3.45. The van der Waals surface area contributed by atoms with Crippen LogP contribution in [0.1, 0.15) is 11.1 Å². The number of rotatable bonds is 4. The van der Waals surface area contributed by atoms with E-state index in [9.17, 15) is 14.9 Å². The second kappa shape index (κ2) is 6.33. The molecule has 120 valence electrons. The Morgan fingerprint density at radius 3 is 2.62 bits per heavy atom. The van der Waals surface area contributed by atoms with E-state index >= 15 is 0 Å². The molecule has 0 aromatic heterocycles. The first-order chi connectivity index (χ1) is 11.6. The van der Waals surface area contributed by atoms with Crippen LogP contribution in [0.4, 0.5) is 5.69 Å². The zero-order valence-corrected chi connectivity index (χ0v) is 12.6. The number of carbonyl (C=O) groups excluding carboxylic acids is 1. The van der Waals surface area contributed by atoms with Crippen molar-refractivity contribution < 1.29 is 19.3 Å². The minimum Gasteiger partial charge on any atom is -0.497 e. The van der Waals surface area contributed by atoms with Crippen molar-refractivity contribution in [3.8, 4) is 5.75 Å². The molecular formula is C17H12N2O5. The smallest absolute Gasteiger partial charge is 0.368 e. The minimum absolute atomic E-state index is 0.0849. The summed E-state index contributed by atoms with van der Waals surface area (Å²) in [4.78, 5) is 27.1. The van der Waals surface area contributed by atoms with E-state index in [4.69, 9.17) is 9.57 Å². The molecule has 2 aromatic rings. The van der Waals surface area contributed by atoms with Gasteiger partial charge in [0.25, 0.3) is 5.69 Å². The van der Waals surface area contributed by atoms with Crippen molar-refractivity contribution in [2.24, 2.45) is 5.16 Å². The molecule has 0 radical (unpaired) electrons. The van der Waals surface area contributed by atoms with E-state index in [0.717, 1.165) is 5.56 Å². The van der Waals surface area contributed by atoms with E-state index in [1.165, 1.54) is 18.2 Å².